The second-order valence-corrected chi connectivity index (χ2v) is 8.82. The summed E-state index contributed by atoms with van der Waals surface area (Å²) in [5.74, 6) is 0.561. The molecule has 0 aliphatic heterocycles. The zero-order valence-corrected chi connectivity index (χ0v) is 15.6. The van der Waals surface area contributed by atoms with Crippen molar-refractivity contribution in [3.05, 3.63) is 46.2 Å². The Bertz CT molecular complexity index is 975. The number of rotatable bonds is 3. The van der Waals surface area contributed by atoms with Crippen LogP contribution in [-0.4, -0.2) is 8.75 Å². The Balaban J connectivity index is 1.88. The zero-order valence-electron chi connectivity index (χ0n) is 13.2. The molecule has 0 aliphatic rings. The first kappa shape index (κ1) is 15.0. The Morgan fingerprint density at radius 1 is 0.783 bits per heavy atom. The monoisotopic (exact) mass is 356 g/mol. The SMILES string of the molecule is Cc1ccc(-c2ccc(-c3ccc(C(C)C)s3)c3nsnc23)s1. The van der Waals surface area contributed by atoms with Gasteiger partial charge in [0.05, 0.1) is 11.7 Å². The quantitative estimate of drug-likeness (QED) is 0.414. The van der Waals surface area contributed by atoms with Crippen LogP contribution in [0.4, 0.5) is 0 Å². The molecule has 0 N–H and O–H groups in total. The highest BCUT2D eigenvalue weighted by atomic mass is 32.1. The Hall–Kier alpha value is -1.56. The highest BCUT2D eigenvalue weighted by Crippen LogP contribution is 2.40. The largest absolute Gasteiger partial charge is 0.172 e. The van der Waals surface area contributed by atoms with Crippen LogP contribution in [0.5, 0.6) is 0 Å². The second-order valence-electron chi connectivity index (χ2n) is 5.89. The Labute approximate surface area is 147 Å². The van der Waals surface area contributed by atoms with E-state index in [1.54, 1.807) is 0 Å². The minimum Gasteiger partial charge on any atom is -0.172 e. The van der Waals surface area contributed by atoms with Gasteiger partial charge < -0.3 is 0 Å². The molecule has 4 aromatic rings. The van der Waals surface area contributed by atoms with E-state index in [4.69, 9.17) is 0 Å². The van der Waals surface area contributed by atoms with Crippen LogP contribution in [0.1, 0.15) is 29.5 Å². The van der Waals surface area contributed by atoms with Crippen LogP contribution in [0.15, 0.2) is 36.4 Å². The predicted molar refractivity (Wildman–Crippen MR) is 103 cm³/mol. The van der Waals surface area contributed by atoms with Gasteiger partial charge in [-0.2, -0.15) is 8.75 Å². The summed E-state index contributed by atoms with van der Waals surface area (Å²) in [7, 11) is 0. The van der Waals surface area contributed by atoms with Crippen LogP contribution >= 0.6 is 34.4 Å². The Morgan fingerprint density at radius 3 is 1.91 bits per heavy atom. The van der Waals surface area contributed by atoms with Crippen LogP contribution in [0.3, 0.4) is 0 Å². The van der Waals surface area contributed by atoms with Crippen LogP contribution in [0.25, 0.3) is 31.9 Å². The van der Waals surface area contributed by atoms with E-state index in [1.807, 2.05) is 22.7 Å². The first-order chi connectivity index (χ1) is 11.1. The van der Waals surface area contributed by atoms with E-state index in [1.165, 1.54) is 42.4 Å². The van der Waals surface area contributed by atoms with Gasteiger partial charge in [0.25, 0.3) is 0 Å². The molecule has 1 aromatic carbocycles. The number of aryl methyl sites for hydroxylation is 1. The van der Waals surface area contributed by atoms with Gasteiger partial charge >= 0.3 is 0 Å². The zero-order chi connectivity index (χ0) is 16.0. The molecule has 0 saturated heterocycles. The van der Waals surface area contributed by atoms with E-state index >= 15 is 0 Å². The third kappa shape index (κ3) is 2.63. The predicted octanol–water partition coefficient (Wildman–Crippen LogP) is 6.58. The molecule has 3 heterocycles. The molecule has 3 aromatic heterocycles. The molecule has 0 bridgehead atoms. The number of hydrogen-bond donors (Lipinski definition) is 0. The van der Waals surface area contributed by atoms with Crippen molar-refractivity contribution in [3.63, 3.8) is 0 Å². The van der Waals surface area contributed by atoms with Gasteiger partial charge in [0.15, 0.2) is 0 Å². The van der Waals surface area contributed by atoms with Gasteiger partial charge in [0.2, 0.25) is 0 Å². The van der Waals surface area contributed by atoms with E-state index < -0.39 is 0 Å². The van der Waals surface area contributed by atoms with Crippen molar-refractivity contribution in [2.24, 2.45) is 0 Å². The van der Waals surface area contributed by atoms with Crippen molar-refractivity contribution < 1.29 is 0 Å². The average Bonchev–Trinajstić information content (AvgIpc) is 3.26. The van der Waals surface area contributed by atoms with E-state index in [9.17, 15) is 0 Å². The number of hydrogen-bond acceptors (Lipinski definition) is 5. The number of aromatic nitrogens is 2. The Morgan fingerprint density at radius 2 is 1.39 bits per heavy atom. The van der Waals surface area contributed by atoms with Crippen molar-refractivity contribution in [3.8, 4) is 20.9 Å². The number of thiophene rings is 2. The van der Waals surface area contributed by atoms with Crippen molar-refractivity contribution >= 4 is 45.4 Å². The third-order valence-electron chi connectivity index (χ3n) is 3.88. The number of nitrogens with zero attached hydrogens (tertiary/aromatic N) is 2. The standard InChI is InChI=1S/C18H16N2S3/c1-10(2)14-8-9-16(22-14)13-6-5-12(15-7-4-11(3)21-15)17-18(13)20-23-19-17/h4-10H,1-3H3. The van der Waals surface area contributed by atoms with Crippen molar-refractivity contribution in [2.75, 3.05) is 0 Å². The van der Waals surface area contributed by atoms with Crippen LogP contribution in [-0.2, 0) is 0 Å². The van der Waals surface area contributed by atoms with Gasteiger partial charge in [-0.1, -0.05) is 26.0 Å². The maximum Gasteiger partial charge on any atom is 0.114 e. The maximum atomic E-state index is 4.58. The van der Waals surface area contributed by atoms with Gasteiger partial charge in [0, 0.05) is 30.6 Å². The highest BCUT2D eigenvalue weighted by Gasteiger charge is 2.16. The van der Waals surface area contributed by atoms with Crippen molar-refractivity contribution in [1.29, 1.82) is 0 Å². The fourth-order valence-corrected chi connectivity index (χ4v) is 5.16. The highest BCUT2D eigenvalue weighted by molar-refractivity contribution is 7.16. The minimum atomic E-state index is 0.561. The summed E-state index contributed by atoms with van der Waals surface area (Å²) in [6, 6.07) is 13.2. The van der Waals surface area contributed by atoms with Gasteiger partial charge in [-0.3, -0.25) is 0 Å². The third-order valence-corrected chi connectivity index (χ3v) is 6.86. The number of benzene rings is 1. The van der Waals surface area contributed by atoms with Crippen LogP contribution in [0, 0.1) is 6.92 Å². The summed E-state index contributed by atoms with van der Waals surface area (Å²) in [5, 5.41) is 0. The maximum absolute atomic E-state index is 4.58. The fourth-order valence-electron chi connectivity index (χ4n) is 2.65. The van der Waals surface area contributed by atoms with Gasteiger partial charge in [-0.15, -0.1) is 22.7 Å². The fraction of sp³-hybridized carbons (Fsp3) is 0.222. The van der Waals surface area contributed by atoms with E-state index in [2.05, 4.69) is 65.9 Å². The van der Waals surface area contributed by atoms with E-state index in [0.29, 0.717) is 5.92 Å². The summed E-state index contributed by atoms with van der Waals surface area (Å²) < 4.78 is 9.16. The summed E-state index contributed by atoms with van der Waals surface area (Å²) in [5.41, 5.74) is 4.43. The normalized spacial score (nSPS) is 11.7. The van der Waals surface area contributed by atoms with Crippen molar-refractivity contribution in [1.82, 2.24) is 8.75 Å². The molecular weight excluding hydrogens is 340 g/mol. The molecule has 4 rings (SSSR count). The molecule has 0 aliphatic carbocycles. The summed E-state index contributed by atoms with van der Waals surface area (Å²) in [4.78, 5) is 5.27. The molecule has 0 fully saturated rings. The molecular formula is C18H16N2S3. The van der Waals surface area contributed by atoms with Gasteiger partial charge in [0.1, 0.15) is 11.0 Å². The Kier molecular flexibility index (Phi) is 3.79. The molecule has 0 spiro atoms. The molecule has 23 heavy (non-hydrogen) atoms. The van der Waals surface area contributed by atoms with E-state index in [-0.39, 0.29) is 0 Å². The summed E-state index contributed by atoms with van der Waals surface area (Å²) in [6.07, 6.45) is 0. The summed E-state index contributed by atoms with van der Waals surface area (Å²) in [6.45, 7) is 6.60. The van der Waals surface area contributed by atoms with E-state index in [0.717, 1.165) is 11.0 Å². The first-order valence-corrected chi connectivity index (χ1v) is 9.92. The lowest BCUT2D eigenvalue weighted by molar-refractivity contribution is 0.890. The van der Waals surface area contributed by atoms with Gasteiger partial charge in [-0.25, -0.2) is 0 Å². The minimum absolute atomic E-state index is 0.561. The molecule has 116 valence electrons. The molecule has 0 saturated carbocycles. The smallest absolute Gasteiger partial charge is 0.114 e. The van der Waals surface area contributed by atoms with Crippen LogP contribution in [0.2, 0.25) is 0 Å². The topological polar surface area (TPSA) is 25.8 Å². The molecule has 0 atom stereocenters. The van der Waals surface area contributed by atoms with Crippen LogP contribution < -0.4 is 0 Å². The second kappa shape index (κ2) is 5.82. The molecule has 0 amide bonds. The molecule has 0 unspecified atom stereocenters. The number of fused-ring (bicyclic) bond motifs is 1. The average molecular weight is 357 g/mol. The lowest BCUT2D eigenvalue weighted by atomic mass is 10.1. The molecule has 5 heteroatoms. The first-order valence-electron chi connectivity index (χ1n) is 7.55. The summed E-state index contributed by atoms with van der Waals surface area (Å²) >= 11 is 4.97. The molecule has 0 radical (unpaired) electrons. The molecule has 2 nitrogen and oxygen atoms in total. The van der Waals surface area contributed by atoms with Gasteiger partial charge in [-0.05, 0) is 37.1 Å². The lowest BCUT2D eigenvalue weighted by Crippen LogP contribution is -1.82. The van der Waals surface area contributed by atoms with Crippen molar-refractivity contribution in [2.45, 2.75) is 26.7 Å². The lowest BCUT2D eigenvalue weighted by Gasteiger charge is -2.04.